The second-order valence-corrected chi connectivity index (χ2v) is 6.66. The van der Waals surface area contributed by atoms with Gasteiger partial charge in [0.25, 0.3) is 0 Å². The summed E-state index contributed by atoms with van der Waals surface area (Å²) in [6.07, 6.45) is -6.19. The number of halogens is 6. The maximum Gasteiger partial charge on any atom is 0.432 e. The van der Waals surface area contributed by atoms with E-state index in [0.29, 0.717) is 18.7 Å². The lowest BCUT2D eigenvalue weighted by Gasteiger charge is -2.16. The number of hydrogen-bond acceptors (Lipinski definition) is 4. The number of H-pyrrole nitrogens is 1. The molecule has 0 radical (unpaired) electrons. The molecule has 5 nitrogen and oxygen atoms in total. The number of hydrogen-bond donors (Lipinski definition) is 2. The molecule has 2 N–H and O–H groups in total. The molecule has 0 saturated carbocycles. The van der Waals surface area contributed by atoms with Crippen LogP contribution < -0.4 is 4.74 Å². The first-order valence-electron chi connectivity index (χ1n) is 9.16. The molecule has 2 heterocycles. The van der Waals surface area contributed by atoms with Crippen LogP contribution in [0, 0.1) is 0 Å². The van der Waals surface area contributed by atoms with Crippen molar-refractivity contribution in [2.45, 2.75) is 32.1 Å². The van der Waals surface area contributed by atoms with Gasteiger partial charge in [0.1, 0.15) is 17.2 Å². The third-order valence-corrected chi connectivity index (χ3v) is 4.41. The van der Waals surface area contributed by atoms with Crippen LogP contribution in [0.1, 0.15) is 31.0 Å². The molecule has 0 atom stereocenters. The number of phenols is 1. The van der Waals surface area contributed by atoms with Gasteiger partial charge in [-0.3, -0.25) is 10.1 Å². The molecule has 0 fully saturated rings. The Balaban J connectivity index is 2.15. The van der Waals surface area contributed by atoms with Crippen molar-refractivity contribution >= 4 is 0 Å². The summed E-state index contributed by atoms with van der Waals surface area (Å²) < 4.78 is 83.7. The number of nitrogens with zero attached hydrogens (tertiary/aromatic N) is 2. The van der Waals surface area contributed by atoms with Crippen molar-refractivity contribution in [3.05, 3.63) is 47.9 Å². The van der Waals surface area contributed by atoms with Crippen LogP contribution in [0.5, 0.6) is 11.5 Å². The molecule has 2 aromatic heterocycles. The van der Waals surface area contributed by atoms with Crippen LogP contribution in [0.15, 0.2) is 36.7 Å². The number of aromatic nitrogens is 3. The van der Waals surface area contributed by atoms with Crippen LogP contribution in [0.4, 0.5) is 26.3 Å². The van der Waals surface area contributed by atoms with Crippen molar-refractivity contribution in [2.75, 3.05) is 6.61 Å². The SMILES string of the molecule is CCCCOc1ccc(-c2cc(C(F)(F)F)[nH]n2)c(O)c1-c1cncc(C(F)(F)F)c1. The minimum absolute atomic E-state index is 0.0717. The summed E-state index contributed by atoms with van der Waals surface area (Å²) in [4.78, 5) is 3.59. The van der Waals surface area contributed by atoms with Gasteiger partial charge in [0, 0.05) is 23.5 Å². The molecule has 0 bridgehead atoms. The molecule has 166 valence electrons. The Bertz CT molecular complexity index is 1060. The number of aromatic hydroxyl groups is 1. The molecule has 0 aliphatic heterocycles. The van der Waals surface area contributed by atoms with Gasteiger partial charge in [-0.05, 0) is 30.7 Å². The minimum atomic E-state index is -4.68. The lowest BCUT2D eigenvalue weighted by molar-refractivity contribution is -0.141. The van der Waals surface area contributed by atoms with E-state index in [2.05, 4.69) is 10.1 Å². The van der Waals surface area contributed by atoms with Crippen molar-refractivity contribution in [1.82, 2.24) is 15.2 Å². The van der Waals surface area contributed by atoms with Gasteiger partial charge in [0.2, 0.25) is 0 Å². The van der Waals surface area contributed by atoms with Crippen LogP contribution in [-0.2, 0) is 12.4 Å². The Hall–Kier alpha value is -3.24. The zero-order chi connectivity index (χ0) is 22.8. The average molecular weight is 445 g/mol. The summed E-state index contributed by atoms with van der Waals surface area (Å²) in [6.45, 7) is 2.15. The molecule has 0 saturated heterocycles. The maximum atomic E-state index is 13.1. The molecule has 0 spiro atoms. The van der Waals surface area contributed by atoms with Crippen LogP contribution in [0.25, 0.3) is 22.4 Å². The number of ether oxygens (including phenoxy) is 1. The summed E-state index contributed by atoms with van der Waals surface area (Å²) in [7, 11) is 0. The third kappa shape index (κ3) is 4.92. The van der Waals surface area contributed by atoms with Gasteiger partial charge in [0.15, 0.2) is 0 Å². The van der Waals surface area contributed by atoms with Crippen molar-refractivity contribution in [3.63, 3.8) is 0 Å². The summed E-state index contributed by atoms with van der Waals surface area (Å²) in [6, 6.07) is 4.13. The van der Waals surface area contributed by atoms with E-state index in [1.165, 1.54) is 12.1 Å². The van der Waals surface area contributed by atoms with Gasteiger partial charge in [-0.1, -0.05) is 13.3 Å². The minimum Gasteiger partial charge on any atom is -0.506 e. The van der Waals surface area contributed by atoms with Gasteiger partial charge in [-0.2, -0.15) is 31.4 Å². The Kier molecular flexibility index (Phi) is 6.14. The van der Waals surface area contributed by atoms with Gasteiger partial charge >= 0.3 is 12.4 Å². The van der Waals surface area contributed by atoms with E-state index in [-0.39, 0.29) is 34.7 Å². The summed E-state index contributed by atoms with van der Waals surface area (Å²) in [5, 5.41) is 16.2. The molecule has 1 aromatic carbocycles. The fraction of sp³-hybridized carbons (Fsp3) is 0.300. The fourth-order valence-corrected chi connectivity index (χ4v) is 2.84. The van der Waals surface area contributed by atoms with E-state index in [1.807, 2.05) is 12.0 Å². The quantitative estimate of drug-likeness (QED) is 0.357. The first kappa shape index (κ1) is 22.4. The van der Waals surface area contributed by atoms with Crippen molar-refractivity contribution in [3.8, 4) is 33.9 Å². The number of nitrogens with one attached hydrogen (secondary N) is 1. The molecular formula is C20H17F6N3O2. The predicted molar refractivity (Wildman–Crippen MR) is 99.3 cm³/mol. The van der Waals surface area contributed by atoms with E-state index < -0.39 is 29.4 Å². The number of aromatic amines is 1. The molecule has 0 amide bonds. The monoisotopic (exact) mass is 445 g/mol. The fourth-order valence-electron chi connectivity index (χ4n) is 2.84. The average Bonchev–Trinajstić information content (AvgIpc) is 3.18. The van der Waals surface area contributed by atoms with Crippen LogP contribution >= 0.6 is 0 Å². The first-order valence-corrected chi connectivity index (χ1v) is 9.16. The molecule has 0 unspecified atom stereocenters. The van der Waals surface area contributed by atoms with E-state index in [4.69, 9.17) is 4.74 Å². The number of alkyl halides is 6. The number of benzene rings is 1. The molecule has 3 aromatic rings. The Morgan fingerprint density at radius 1 is 1.03 bits per heavy atom. The highest BCUT2D eigenvalue weighted by atomic mass is 19.4. The number of pyridine rings is 1. The maximum absolute atomic E-state index is 13.1. The molecule has 11 heteroatoms. The summed E-state index contributed by atoms with van der Waals surface area (Å²) in [5.41, 5.74) is -2.75. The smallest absolute Gasteiger partial charge is 0.432 e. The highest BCUT2D eigenvalue weighted by molar-refractivity contribution is 5.85. The zero-order valence-electron chi connectivity index (χ0n) is 16.1. The van der Waals surface area contributed by atoms with Gasteiger partial charge < -0.3 is 9.84 Å². The van der Waals surface area contributed by atoms with Crippen LogP contribution in [0.2, 0.25) is 0 Å². The number of rotatable bonds is 6. The Labute approximate surface area is 172 Å². The van der Waals surface area contributed by atoms with E-state index in [1.54, 1.807) is 0 Å². The largest absolute Gasteiger partial charge is 0.506 e. The normalized spacial score (nSPS) is 12.2. The number of phenolic OH excluding ortho intramolecular Hbond substituents is 1. The third-order valence-electron chi connectivity index (χ3n) is 4.41. The van der Waals surface area contributed by atoms with Crippen molar-refractivity contribution < 1.29 is 36.2 Å². The van der Waals surface area contributed by atoms with Gasteiger partial charge in [-0.25, -0.2) is 0 Å². The molecule has 31 heavy (non-hydrogen) atoms. The zero-order valence-corrected chi connectivity index (χ0v) is 16.1. The highest BCUT2D eigenvalue weighted by Crippen LogP contribution is 2.45. The second-order valence-electron chi connectivity index (χ2n) is 6.66. The van der Waals surface area contributed by atoms with Crippen LogP contribution in [0.3, 0.4) is 0 Å². The van der Waals surface area contributed by atoms with E-state index >= 15 is 0 Å². The summed E-state index contributed by atoms with van der Waals surface area (Å²) in [5.74, 6) is -0.502. The predicted octanol–water partition coefficient (Wildman–Crippen LogP) is 6.06. The molecule has 0 aliphatic carbocycles. The lowest BCUT2D eigenvalue weighted by Crippen LogP contribution is -2.06. The van der Waals surface area contributed by atoms with Crippen molar-refractivity contribution in [1.29, 1.82) is 0 Å². The topological polar surface area (TPSA) is 71.0 Å². The molecule has 0 aliphatic rings. The van der Waals surface area contributed by atoms with Gasteiger partial charge in [-0.15, -0.1) is 0 Å². The van der Waals surface area contributed by atoms with E-state index in [0.717, 1.165) is 18.7 Å². The second kappa shape index (κ2) is 8.48. The highest BCUT2D eigenvalue weighted by Gasteiger charge is 2.34. The lowest BCUT2D eigenvalue weighted by atomic mass is 9.98. The summed E-state index contributed by atoms with van der Waals surface area (Å²) >= 11 is 0. The van der Waals surface area contributed by atoms with Crippen molar-refractivity contribution in [2.24, 2.45) is 0 Å². The number of unbranched alkanes of at least 4 members (excludes halogenated alkanes) is 1. The van der Waals surface area contributed by atoms with Crippen LogP contribution in [-0.4, -0.2) is 26.9 Å². The first-order chi connectivity index (χ1) is 14.5. The molecule has 3 rings (SSSR count). The van der Waals surface area contributed by atoms with Gasteiger partial charge in [0.05, 0.1) is 23.4 Å². The van der Waals surface area contributed by atoms with E-state index in [9.17, 15) is 31.4 Å². The molecular weight excluding hydrogens is 428 g/mol. The Morgan fingerprint density at radius 3 is 2.39 bits per heavy atom. The Morgan fingerprint density at radius 2 is 1.77 bits per heavy atom. The standard InChI is InChI=1S/C20H17F6N3O2/c1-2-3-6-31-15-5-4-13(14-8-16(29-28-14)20(24,25)26)18(30)17(15)11-7-12(10-27-9-11)19(21,22)23/h4-5,7-10,30H,2-3,6H2,1H3,(H,28,29).